The van der Waals surface area contributed by atoms with Crippen LogP contribution in [0.15, 0.2) is 29.2 Å². The van der Waals surface area contributed by atoms with Crippen LogP contribution < -0.4 is 10.5 Å². The molecule has 1 aliphatic carbocycles. The number of benzene rings is 1. The van der Waals surface area contributed by atoms with E-state index in [0.717, 1.165) is 37.7 Å². The van der Waals surface area contributed by atoms with Gasteiger partial charge in [0.25, 0.3) is 0 Å². The van der Waals surface area contributed by atoms with Crippen LogP contribution >= 0.6 is 0 Å². The summed E-state index contributed by atoms with van der Waals surface area (Å²) in [6.45, 7) is 2.61. The highest BCUT2D eigenvalue weighted by Crippen LogP contribution is 2.32. The average Bonchev–Trinajstić information content (AvgIpc) is 2.34. The van der Waals surface area contributed by atoms with Crippen molar-refractivity contribution >= 4 is 10.0 Å². The second kappa shape index (κ2) is 5.61. The third-order valence-corrected chi connectivity index (χ3v) is 5.40. The van der Waals surface area contributed by atoms with Gasteiger partial charge in [-0.1, -0.05) is 12.1 Å². The molecular weight excluding hydrogens is 260 g/mol. The third-order valence-electron chi connectivity index (χ3n) is 3.74. The minimum Gasteiger partial charge on any atom is -0.330 e. The Kier molecular flexibility index (Phi) is 4.28. The molecule has 0 amide bonds. The second-order valence-corrected chi connectivity index (χ2v) is 7.24. The molecule has 1 aromatic rings. The lowest BCUT2D eigenvalue weighted by atomic mass is 9.80. The summed E-state index contributed by atoms with van der Waals surface area (Å²) in [4.78, 5) is 0.345. The predicted octanol–water partition coefficient (Wildman–Crippen LogP) is 1.80. The van der Waals surface area contributed by atoms with E-state index in [2.05, 4.69) is 4.72 Å². The van der Waals surface area contributed by atoms with Crippen LogP contribution in [0.3, 0.4) is 0 Å². The van der Waals surface area contributed by atoms with Crippen LogP contribution in [0.5, 0.6) is 0 Å². The highest BCUT2D eigenvalue weighted by Gasteiger charge is 2.36. The molecule has 3 N–H and O–H groups in total. The smallest absolute Gasteiger partial charge is 0.241 e. The lowest BCUT2D eigenvalue weighted by Gasteiger charge is -2.38. The van der Waals surface area contributed by atoms with E-state index < -0.39 is 10.0 Å². The Labute approximate surface area is 115 Å². The van der Waals surface area contributed by atoms with E-state index in [1.165, 1.54) is 0 Å². The Morgan fingerprint density at radius 2 is 1.89 bits per heavy atom. The molecular formula is C14H22N2O2S. The van der Waals surface area contributed by atoms with E-state index in [4.69, 9.17) is 5.73 Å². The lowest BCUT2D eigenvalue weighted by Crippen LogP contribution is -2.50. The Bertz CT molecular complexity index is 519. The van der Waals surface area contributed by atoms with Crippen LogP contribution in [-0.4, -0.2) is 20.5 Å². The van der Waals surface area contributed by atoms with Gasteiger partial charge in [0.2, 0.25) is 10.0 Å². The van der Waals surface area contributed by atoms with Gasteiger partial charge >= 0.3 is 0 Å². The molecule has 0 atom stereocenters. The topological polar surface area (TPSA) is 72.2 Å². The Morgan fingerprint density at radius 3 is 2.37 bits per heavy atom. The highest BCUT2D eigenvalue weighted by molar-refractivity contribution is 7.89. The van der Waals surface area contributed by atoms with Crippen molar-refractivity contribution in [2.24, 2.45) is 5.73 Å². The van der Waals surface area contributed by atoms with Crippen molar-refractivity contribution in [1.29, 1.82) is 0 Å². The average molecular weight is 282 g/mol. The first-order valence-corrected chi connectivity index (χ1v) is 8.27. The molecule has 1 fully saturated rings. The normalized spacial score (nSPS) is 18.0. The van der Waals surface area contributed by atoms with Crippen LogP contribution in [-0.2, 0) is 16.4 Å². The van der Waals surface area contributed by atoms with E-state index in [1.54, 1.807) is 12.1 Å². The van der Waals surface area contributed by atoms with Gasteiger partial charge in [0.1, 0.15) is 0 Å². The first-order valence-electron chi connectivity index (χ1n) is 6.78. The third kappa shape index (κ3) is 3.55. The summed E-state index contributed by atoms with van der Waals surface area (Å²) in [6.07, 6.45) is 4.74. The van der Waals surface area contributed by atoms with Crippen molar-refractivity contribution in [3.05, 3.63) is 29.8 Å². The van der Waals surface area contributed by atoms with E-state index in [0.29, 0.717) is 11.4 Å². The molecule has 0 aromatic heterocycles. The fourth-order valence-electron chi connectivity index (χ4n) is 2.33. The number of nitrogens with one attached hydrogen (secondary N) is 1. The number of aryl methyl sites for hydroxylation is 1. The number of hydrogen-bond acceptors (Lipinski definition) is 3. The van der Waals surface area contributed by atoms with Crippen molar-refractivity contribution < 1.29 is 8.42 Å². The fourth-order valence-corrected chi connectivity index (χ4v) is 3.80. The molecule has 0 bridgehead atoms. The maximum absolute atomic E-state index is 12.2. The summed E-state index contributed by atoms with van der Waals surface area (Å²) >= 11 is 0. The molecule has 0 unspecified atom stereocenters. The van der Waals surface area contributed by atoms with E-state index >= 15 is 0 Å². The zero-order valence-electron chi connectivity index (χ0n) is 11.4. The molecule has 1 aliphatic rings. The number of hydrogen-bond donors (Lipinski definition) is 2. The monoisotopic (exact) mass is 282 g/mol. The van der Waals surface area contributed by atoms with E-state index in [1.807, 2.05) is 19.1 Å². The summed E-state index contributed by atoms with van der Waals surface area (Å²) in [5.41, 5.74) is 6.33. The van der Waals surface area contributed by atoms with Crippen molar-refractivity contribution in [2.45, 2.75) is 49.5 Å². The second-order valence-electron chi connectivity index (χ2n) is 5.56. The minimum atomic E-state index is -3.39. The fraction of sp³-hybridized carbons (Fsp3) is 0.571. The Hall–Kier alpha value is -0.910. The van der Waals surface area contributed by atoms with Gasteiger partial charge < -0.3 is 5.73 Å². The number of rotatable bonds is 6. The first-order chi connectivity index (χ1) is 8.95. The SMILES string of the molecule is CC1(NS(=O)(=O)c2ccc(CCCN)cc2)CCC1. The van der Waals surface area contributed by atoms with Crippen molar-refractivity contribution in [1.82, 2.24) is 4.72 Å². The summed E-state index contributed by atoms with van der Waals surface area (Å²) in [7, 11) is -3.39. The molecule has 0 radical (unpaired) electrons. The molecule has 4 nitrogen and oxygen atoms in total. The van der Waals surface area contributed by atoms with Crippen molar-refractivity contribution in [2.75, 3.05) is 6.54 Å². The van der Waals surface area contributed by atoms with Crippen LogP contribution in [0, 0.1) is 0 Å². The van der Waals surface area contributed by atoms with Gasteiger partial charge in [-0.2, -0.15) is 0 Å². The molecule has 5 heteroatoms. The van der Waals surface area contributed by atoms with Gasteiger partial charge in [0, 0.05) is 5.54 Å². The highest BCUT2D eigenvalue weighted by atomic mass is 32.2. The molecule has 1 aromatic carbocycles. The van der Waals surface area contributed by atoms with Crippen molar-refractivity contribution in [3.8, 4) is 0 Å². The number of sulfonamides is 1. The Morgan fingerprint density at radius 1 is 1.26 bits per heavy atom. The van der Waals surface area contributed by atoms with E-state index in [9.17, 15) is 8.42 Å². The largest absolute Gasteiger partial charge is 0.330 e. The quantitative estimate of drug-likeness (QED) is 0.835. The maximum Gasteiger partial charge on any atom is 0.241 e. The van der Waals surface area contributed by atoms with Crippen molar-refractivity contribution in [3.63, 3.8) is 0 Å². The van der Waals surface area contributed by atoms with Gasteiger partial charge in [-0.15, -0.1) is 0 Å². The van der Waals surface area contributed by atoms with Crippen LogP contribution in [0.25, 0.3) is 0 Å². The molecule has 19 heavy (non-hydrogen) atoms. The summed E-state index contributed by atoms with van der Waals surface area (Å²) in [5.74, 6) is 0. The van der Waals surface area contributed by atoms with Crippen LogP contribution in [0.2, 0.25) is 0 Å². The van der Waals surface area contributed by atoms with Crippen LogP contribution in [0.4, 0.5) is 0 Å². The molecule has 0 heterocycles. The van der Waals surface area contributed by atoms with Gasteiger partial charge in [-0.25, -0.2) is 13.1 Å². The first kappa shape index (κ1) is 14.5. The van der Waals surface area contributed by atoms with Gasteiger partial charge in [-0.05, 0) is 63.3 Å². The van der Waals surface area contributed by atoms with Gasteiger partial charge in [0.15, 0.2) is 0 Å². The molecule has 106 valence electrons. The molecule has 0 saturated heterocycles. The standard InChI is InChI=1S/C14H22N2O2S/c1-14(9-3-10-14)16-19(17,18)13-7-5-12(6-8-13)4-2-11-15/h5-8,16H,2-4,9-11,15H2,1H3. The van der Waals surface area contributed by atoms with Gasteiger partial charge in [0.05, 0.1) is 4.90 Å². The van der Waals surface area contributed by atoms with Crippen LogP contribution in [0.1, 0.15) is 38.2 Å². The minimum absolute atomic E-state index is 0.253. The van der Waals surface area contributed by atoms with Gasteiger partial charge in [-0.3, -0.25) is 0 Å². The maximum atomic E-state index is 12.2. The zero-order valence-corrected chi connectivity index (χ0v) is 12.2. The molecule has 1 saturated carbocycles. The zero-order chi connectivity index (χ0) is 13.9. The lowest BCUT2D eigenvalue weighted by molar-refractivity contribution is 0.248. The summed E-state index contributed by atoms with van der Waals surface area (Å²) in [6, 6.07) is 7.09. The Balaban J connectivity index is 2.08. The number of nitrogens with two attached hydrogens (primary N) is 1. The molecule has 0 aliphatic heterocycles. The predicted molar refractivity (Wildman–Crippen MR) is 76.4 cm³/mol. The van der Waals surface area contributed by atoms with E-state index in [-0.39, 0.29) is 5.54 Å². The summed E-state index contributed by atoms with van der Waals surface area (Å²) in [5, 5.41) is 0. The summed E-state index contributed by atoms with van der Waals surface area (Å²) < 4.78 is 27.3. The molecule has 2 rings (SSSR count). The molecule has 0 spiro atoms.